The van der Waals surface area contributed by atoms with Crippen LogP contribution in [-0.2, 0) is 6.54 Å². The van der Waals surface area contributed by atoms with Crippen LogP contribution < -0.4 is 5.73 Å². The summed E-state index contributed by atoms with van der Waals surface area (Å²) in [6, 6.07) is 5.20. The summed E-state index contributed by atoms with van der Waals surface area (Å²) in [7, 11) is 4.16. The molecule has 0 aliphatic carbocycles. The molecule has 0 radical (unpaired) electrons. The Bertz CT molecular complexity index is 532. The third-order valence-corrected chi connectivity index (χ3v) is 4.16. The minimum absolute atomic E-state index is 0.0806. The maximum Gasteiger partial charge on any atom is 0.170 e. The van der Waals surface area contributed by atoms with Crippen LogP contribution in [0.5, 0.6) is 0 Å². The molecule has 1 aromatic rings. The Hall–Kier alpha value is -1.66. The number of halogens is 1. The van der Waals surface area contributed by atoms with E-state index < -0.39 is 0 Å². The normalized spacial score (nSPS) is 24.0. The van der Waals surface area contributed by atoms with Gasteiger partial charge in [-0.2, -0.15) is 0 Å². The number of hydrogen-bond acceptors (Lipinski definition) is 4. The van der Waals surface area contributed by atoms with Gasteiger partial charge in [0.25, 0.3) is 0 Å². The Balaban J connectivity index is 2.08. The first-order valence-electron chi connectivity index (χ1n) is 7.07. The molecule has 6 heteroatoms. The number of amidine groups is 1. The molecule has 1 aromatic carbocycles. The largest absolute Gasteiger partial charge is 0.409 e. The van der Waals surface area contributed by atoms with E-state index in [-0.39, 0.29) is 11.7 Å². The Morgan fingerprint density at radius 2 is 2.19 bits per heavy atom. The second-order valence-corrected chi connectivity index (χ2v) is 5.99. The van der Waals surface area contributed by atoms with Crippen molar-refractivity contribution >= 4 is 5.84 Å². The molecule has 2 rings (SSSR count). The fourth-order valence-electron chi connectivity index (χ4n) is 2.98. The smallest absolute Gasteiger partial charge is 0.170 e. The molecule has 1 aliphatic heterocycles. The van der Waals surface area contributed by atoms with Gasteiger partial charge in [0.2, 0.25) is 0 Å². The number of likely N-dealkylation sites (N-methyl/N-ethyl adjacent to an activating group) is 1. The first-order chi connectivity index (χ1) is 9.92. The number of benzene rings is 1. The molecule has 0 saturated carbocycles. The van der Waals surface area contributed by atoms with E-state index in [1.807, 2.05) is 0 Å². The standard InChI is InChI=1S/C15H23FN4O/c1-10-7-20(9-14(10)19(2)3)8-12-5-4-11(6-13(12)16)15(17)18-21/h4-6,10,14,21H,7-9H2,1-3H3,(H2,17,18). The molecule has 0 bridgehead atoms. The lowest BCUT2D eigenvalue weighted by atomic mass is 10.1. The molecular weight excluding hydrogens is 271 g/mol. The summed E-state index contributed by atoms with van der Waals surface area (Å²) in [4.78, 5) is 4.49. The summed E-state index contributed by atoms with van der Waals surface area (Å²) in [5.74, 6) is 0.169. The van der Waals surface area contributed by atoms with E-state index in [9.17, 15) is 4.39 Å². The molecule has 3 N–H and O–H groups in total. The van der Waals surface area contributed by atoms with Gasteiger partial charge >= 0.3 is 0 Å². The molecule has 1 aliphatic rings. The Morgan fingerprint density at radius 1 is 1.48 bits per heavy atom. The molecule has 1 saturated heterocycles. The first kappa shape index (κ1) is 15.7. The van der Waals surface area contributed by atoms with Crippen LogP contribution in [0.2, 0.25) is 0 Å². The summed E-state index contributed by atoms with van der Waals surface area (Å²) in [6.45, 7) is 4.71. The van der Waals surface area contributed by atoms with E-state index in [1.165, 1.54) is 6.07 Å². The van der Waals surface area contributed by atoms with Gasteiger partial charge in [0, 0.05) is 36.8 Å². The van der Waals surface area contributed by atoms with E-state index in [1.54, 1.807) is 12.1 Å². The summed E-state index contributed by atoms with van der Waals surface area (Å²) in [5.41, 5.74) is 6.49. The topological polar surface area (TPSA) is 65.1 Å². The molecular formula is C15H23FN4O. The Labute approximate surface area is 124 Å². The van der Waals surface area contributed by atoms with E-state index in [2.05, 4.69) is 36.0 Å². The van der Waals surface area contributed by atoms with Gasteiger partial charge in [0.05, 0.1) is 0 Å². The average Bonchev–Trinajstić information content (AvgIpc) is 2.81. The van der Waals surface area contributed by atoms with Crippen molar-refractivity contribution in [3.8, 4) is 0 Å². The molecule has 1 fully saturated rings. The van der Waals surface area contributed by atoms with Crippen molar-refractivity contribution in [2.75, 3.05) is 27.2 Å². The minimum atomic E-state index is -0.319. The van der Waals surface area contributed by atoms with Crippen molar-refractivity contribution in [2.24, 2.45) is 16.8 Å². The molecule has 0 spiro atoms. The number of nitrogens with zero attached hydrogens (tertiary/aromatic N) is 3. The van der Waals surface area contributed by atoms with Crippen LogP contribution in [0.1, 0.15) is 18.1 Å². The lowest BCUT2D eigenvalue weighted by Gasteiger charge is -2.22. The molecule has 1 heterocycles. The van der Waals surface area contributed by atoms with Crippen LogP contribution in [0.4, 0.5) is 4.39 Å². The Kier molecular flexibility index (Phi) is 4.80. The van der Waals surface area contributed by atoms with Crippen LogP contribution in [0.15, 0.2) is 23.4 Å². The second-order valence-electron chi connectivity index (χ2n) is 5.99. The zero-order chi connectivity index (χ0) is 15.6. The van der Waals surface area contributed by atoms with Gasteiger partial charge in [-0.15, -0.1) is 0 Å². The fraction of sp³-hybridized carbons (Fsp3) is 0.533. The van der Waals surface area contributed by atoms with E-state index in [0.29, 0.717) is 29.6 Å². The summed E-state index contributed by atoms with van der Waals surface area (Å²) >= 11 is 0. The second kappa shape index (κ2) is 6.41. The lowest BCUT2D eigenvalue weighted by Crippen LogP contribution is -2.34. The zero-order valence-corrected chi connectivity index (χ0v) is 12.8. The third-order valence-electron chi connectivity index (χ3n) is 4.16. The highest BCUT2D eigenvalue weighted by atomic mass is 19.1. The van der Waals surface area contributed by atoms with Crippen LogP contribution in [0.25, 0.3) is 0 Å². The van der Waals surface area contributed by atoms with Crippen LogP contribution >= 0.6 is 0 Å². The van der Waals surface area contributed by atoms with Gasteiger partial charge in [-0.25, -0.2) is 4.39 Å². The molecule has 21 heavy (non-hydrogen) atoms. The fourth-order valence-corrected chi connectivity index (χ4v) is 2.98. The van der Waals surface area contributed by atoms with Crippen molar-refractivity contribution in [2.45, 2.75) is 19.5 Å². The summed E-state index contributed by atoms with van der Waals surface area (Å²) < 4.78 is 14.1. The van der Waals surface area contributed by atoms with Crippen LogP contribution in [0.3, 0.4) is 0 Å². The van der Waals surface area contributed by atoms with Gasteiger partial charge in [-0.05, 0) is 26.1 Å². The minimum Gasteiger partial charge on any atom is -0.409 e. The average molecular weight is 294 g/mol. The van der Waals surface area contributed by atoms with E-state index in [0.717, 1.165) is 13.1 Å². The molecule has 5 nitrogen and oxygen atoms in total. The lowest BCUT2D eigenvalue weighted by molar-refractivity contribution is 0.249. The van der Waals surface area contributed by atoms with Crippen molar-refractivity contribution in [3.63, 3.8) is 0 Å². The quantitative estimate of drug-likeness (QED) is 0.380. The predicted octanol–water partition coefficient (Wildman–Crippen LogP) is 1.30. The van der Waals surface area contributed by atoms with Gasteiger partial charge in [-0.3, -0.25) is 4.90 Å². The van der Waals surface area contributed by atoms with Crippen molar-refractivity contribution in [1.29, 1.82) is 0 Å². The molecule has 116 valence electrons. The van der Waals surface area contributed by atoms with Gasteiger partial charge < -0.3 is 15.8 Å². The van der Waals surface area contributed by atoms with E-state index >= 15 is 0 Å². The third kappa shape index (κ3) is 3.51. The zero-order valence-electron chi connectivity index (χ0n) is 12.8. The maximum absolute atomic E-state index is 14.1. The SMILES string of the molecule is CC1CN(Cc2ccc(/C(N)=N/O)cc2F)CC1N(C)C. The monoisotopic (exact) mass is 294 g/mol. The number of likely N-dealkylation sites (tertiary alicyclic amines) is 1. The number of hydrogen-bond donors (Lipinski definition) is 2. The molecule has 2 unspecified atom stereocenters. The van der Waals surface area contributed by atoms with Crippen LogP contribution in [0, 0.1) is 11.7 Å². The number of oxime groups is 1. The molecule has 0 aromatic heterocycles. The highest BCUT2D eigenvalue weighted by Gasteiger charge is 2.31. The number of rotatable bonds is 4. The van der Waals surface area contributed by atoms with Gasteiger partial charge in [-0.1, -0.05) is 24.2 Å². The van der Waals surface area contributed by atoms with Crippen molar-refractivity contribution in [1.82, 2.24) is 9.80 Å². The summed E-state index contributed by atoms with van der Waals surface area (Å²) in [6.07, 6.45) is 0. The highest BCUT2D eigenvalue weighted by Crippen LogP contribution is 2.23. The molecule has 0 amide bonds. The predicted molar refractivity (Wildman–Crippen MR) is 80.8 cm³/mol. The Morgan fingerprint density at radius 3 is 2.71 bits per heavy atom. The highest BCUT2D eigenvalue weighted by molar-refractivity contribution is 5.97. The van der Waals surface area contributed by atoms with Crippen molar-refractivity contribution < 1.29 is 9.60 Å². The number of nitrogens with two attached hydrogens (primary N) is 1. The summed E-state index contributed by atoms with van der Waals surface area (Å²) in [5, 5.41) is 11.5. The molecule has 2 atom stereocenters. The maximum atomic E-state index is 14.1. The van der Waals surface area contributed by atoms with Crippen molar-refractivity contribution in [3.05, 3.63) is 35.1 Å². The van der Waals surface area contributed by atoms with Crippen LogP contribution in [-0.4, -0.2) is 54.1 Å². The van der Waals surface area contributed by atoms with Gasteiger partial charge in [0.15, 0.2) is 5.84 Å². The van der Waals surface area contributed by atoms with E-state index in [4.69, 9.17) is 10.9 Å². The first-order valence-corrected chi connectivity index (χ1v) is 7.07. The van der Waals surface area contributed by atoms with Gasteiger partial charge in [0.1, 0.15) is 5.82 Å².